The van der Waals surface area contributed by atoms with Gasteiger partial charge in [0.15, 0.2) is 11.6 Å². The van der Waals surface area contributed by atoms with Crippen LogP contribution in [0.5, 0.6) is 5.75 Å². The number of anilines is 1. The Balaban J connectivity index is 2.02. The average molecular weight is 465 g/mol. The van der Waals surface area contributed by atoms with E-state index >= 15 is 8.78 Å². The van der Waals surface area contributed by atoms with Gasteiger partial charge in [-0.1, -0.05) is 0 Å². The molecule has 1 N–H and O–H groups in total. The van der Waals surface area contributed by atoms with E-state index in [1.165, 1.54) is 4.90 Å². The zero-order chi connectivity index (χ0) is 24.0. The molecule has 1 aliphatic heterocycles. The molecular weight excluding hydrogens is 446 g/mol. The van der Waals surface area contributed by atoms with Crippen LogP contribution < -0.4 is 15.1 Å². The highest BCUT2D eigenvalue weighted by molar-refractivity contribution is 5.87. The molecule has 1 saturated heterocycles. The monoisotopic (exact) mass is 465 g/mol. The summed E-state index contributed by atoms with van der Waals surface area (Å²) in [6, 6.07) is 3.25. The second kappa shape index (κ2) is 8.39. The molecule has 1 fully saturated rings. The predicted octanol–water partition coefficient (Wildman–Crippen LogP) is 3.74. The molecule has 174 valence electrons. The summed E-state index contributed by atoms with van der Waals surface area (Å²) in [6.45, 7) is 0.666. The van der Waals surface area contributed by atoms with Crippen LogP contribution in [-0.2, 0) is 0 Å². The number of aromatic nitrogens is 1. The third-order valence-electron chi connectivity index (χ3n) is 5.70. The SMILES string of the molecule is CN(C)C1CCN(c2c(F)cc3c(=O)c(OC(=O)O)cn(-c4ccc(F)cc4F)c3c2F)C1. The summed E-state index contributed by atoms with van der Waals surface area (Å²) in [6.07, 6.45) is -0.414. The minimum absolute atomic E-state index is 0.0441. The quantitative estimate of drug-likeness (QED) is 0.468. The fourth-order valence-corrected chi connectivity index (χ4v) is 4.07. The van der Waals surface area contributed by atoms with Crippen molar-refractivity contribution in [3.05, 3.63) is 64.0 Å². The zero-order valence-corrected chi connectivity index (χ0v) is 17.6. The van der Waals surface area contributed by atoms with Crippen LogP contribution in [0.4, 0.5) is 28.0 Å². The molecule has 11 heteroatoms. The van der Waals surface area contributed by atoms with Gasteiger partial charge in [0, 0.05) is 25.2 Å². The minimum Gasteiger partial charge on any atom is -0.449 e. The topological polar surface area (TPSA) is 75.0 Å². The number of benzene rings is 2. The number of halogens is 4. The Kier molecular flexibility index (Phi) is 5.75. The highest BCUT2D eigenvalue weighted by Gasteiger charge is 2.31. The maximum Gasteiger partial charge on any atom is 0.511 e. The van der Waals surface area contributed by atoms with Crippen molar-refractivity contribution in [2.45, 2.75) is 12.5 Å². The van der Waals surface area contributed by atoms with Crippen molar-refractivity contribution in [3.63, 3.8) is 0 Å². The smallest absolute Gasteiger partial charge is 0.449 e. The lowest BCUT2D eigenvalue weighted by Crippen LogP contribution is -2.32. The van der Waals surface area contributed by atoms with Gasteiger partial charge >= 0.3 is 6.16 Å². The third-order valence-corrected chi connectivity index (χ3v) is 5.70. The van der Waals surface area contributed by atoms with E-state index in [-0.39, 0.29) is 11.7 Å². The Morgan fingerprint density at radius 3 is 2.48 bits per heavy atom. The summed E-state index contributed by atoms with van der Waals surface area (Å²) < 4.78 is 64.2. The van der Waals surface area contributed by atoms with E-state index in [4.69, 9.17) is 5.11 Å². The van der Waals surface area contributed by atoms with Crippen LogP contribution in [0.15, 0.2) is 35.3 Å². The van der Waals surface area contributed by atoms with Crippen LogP contribution >= 0.6 is 0 Å². The minimum atomic E-state index is -1.85. The van der Waals surface area contributed by atoms with Crippen molar-refractivity contribution in [2.24, 2.45) is 0 Å². The van der Waals surface area contributed by atoms with Crippen molar-refractivity contribution in [2.75, 3.05) is 32.1 Å². The van der Waals surface area contributed by atoms with Gasteiger partial charge in [-0.3, -0.25) is 4.79 Å². The average Bonchev–Trinajstić information content (AvgIpc) is 3.20. The van der Waals surface area contributed by atoms with Crippen LogP contribution in [0, 0.1) is 23.3 Å². The number of carbonyl (C=O) groups is 1. The van der Waals surface area contributed by atoms with Crippen molar-refractivity contribution in [1.82, 2.24) is 9.47 Å². The third kappa shape index (κ3) is 3.99. The standard InChI is InChI=1S/C22H19F4N3O4/c1-27(2)12-5-6-28(9-12)20-15(25)8-13-19(18(20)26)29(10-17(21(13)30)33-22(31)32)16-4-3-11(23)7-14(16)24/h3-4,7-8,10,12H,5-6,9H2,1-2H3,(H,31,32). The first kappa shape index (κ1) is 22.6. The second-order valence-electron chi connectivity index (χ2n) is 7.93. The van der Waals surface area contributed by atoms with Gasteiger partial charge in [-0.25, -0.2) is 22.4 Å². The van der Waals surface area contributed by atoms with Crippen LogP contribution in [0.25, 0.3) is 16.6 Å². The highest BCUT2D eigenvalue weighted by Crippen LogP contribution is 2.34. The summed E-state index contributed by atoms with van der Waals surface area (Å²) in [5, 5.41) is 8.37. The van der Waals surface area contributed by atoms with Gasteiger partial charge in [-0.05, 0) is 38.7 Å². The molecule has 1 atom stereocenters. The van der Waals surface area contributed by atoms with Gasteiger partial charge < -0.3 is 24.2 Å². The number of nitrogens with zero attached hydrogens (tertiary/aromatic N) is 3. The van der Waals surface area contributed by atoms with E-state index in [9.17, 15) is 18.4 Å². The van der Waals surface area contributed by atoms with Crippen LogP contribution in [0.1, 0.15) is 6.42 Å². The number of hydrogen-bond acceptors (Lipinski definition) is 5. The molecule has 0 amide bonds. The fourth-order valence-electron chi connectivity index (χ4n) is 4.07. The number of carboxylic acid groups (broad SMARTS) is 1. The lowest BCUT2D eigenvalue weighted by Gasteiger charge is -2.24. The Hall–Kier alpha value is -3.60. The molecule has 1 aliphatic rings. The van der Waals surface area contributed by atoms with Crippen molar-refractivity contribution >= 4 is 22.7 Å². The van der Waals surface area contributed by atoms with Gasteiger partial charge in [0.25, 0.3) is 0 Å². The maximum absolute atomic E-state index is 15.8. The van der Waals surface area contributed by atoms with Gasteiger partial charge in [0.05, 0.1) is 22.8 Å². The van der Waals surface area contributed by atoms with Gasteiger partial charge in [0.1, 0.15) is 23.1 Å². The highest BCUT2D eigenvalue weighted by atomic mass is 19.1. The number of ether oxygens (including phenoxy) is 1. The molecule has 0 saturated carbocycles. The van der Waals surface area contributed by atoms with E-state index in [0.29, 0.717) is 25.6 Å². The van der Waals surface area contributed by atoms with Crippen molar-refractivity contribution < 1.29 is 32.2 Å². The molecular formula is C22H19F4N3O4. The molecule has 0 spiro atoms. The van der Waals surface area contributed by atoms with Gasteiger partial charge in [0.2, 0.25) is 5.43 Å². The number of likely N-dealkylation sites (N-methyl/N-ethyl adjacent to an activating group) is 1. The van der Waals surface area contributed by atoms with Crippen LogP contribution in [-0.4, -0.2) is 54.0 Å². The molecule has 7 nitrogen and oxygen atoms in total. The largest absolute Gasteiger partial charge is 0.511 e. The summed E-state index contributed by atoms with van der Waals surface area (Å²) in [4.78, 5) is 27.2. The Morgan fingerprint density at radius 1 is 1.15 bits per heavy atom. The van der Waals surface area contributed by atoms with E-state index in [2.05, 4.69) is 4.74 Å². The van der Waals surface area contributed by atoms with E-state index in [1.54, 1.807) is 0 Å². The Labute approximate surface area is 185 Å². The second-order valence-corrected chi connectivity index (χ2v) is 7.93. The molecule has 3 aromatic rings. The molecule has 0 aliphatic carbocycles. The lowest BCUT2D eigenvalue weighted by atomic mass is 10.1. The van der Waals surface area contributed by atoms with E-state index < -0.39 is 57.2 Å². The van der Waals surface area contributed by atoms with Crippen LogP contribution in [0.2, 0.25) is 0 Å². The molecule has 1 unspecified atom stereocenters. The Morgan fingerprint density at radius 2 is 1.88 bits per heavy atom. The predicted molar refractivity (Wildman–Crippen MR) is 112 cm³/mol. The first-order chi connectivity index (χ1) is 15.6. The molecule has 0 bridgehead atoms. The number of pyridine rings is 1. The Bertz CT molecular complexity index is 1330. The van der Waals surface area contributed by atoms with Crippen LogP contribution in [0.3, 0.4) is 0 Å². The maximum atomic E-state index is 15.8. The molecule has 4 rings (SSSR count). The zero-order valence-electron chi connectivity index (χ0n) is 17.6. The molecule has 33 heavy (non-hydrogen) atoms. The first-order valence-corrected chi connectivity index (χ1v) is 9.93. The summed E-state index contributed by atoms with van der Waals surface area (Å²) in [7, 11) is 3.69. The summed E-state index contributed by atoms with van der Waals surface area (Å²) >= 11 is 0. The normalized spacial score (nSPS) is 16.1. The molecule has 2 aromatic carbocycles. The number of fused-ring (bicyclic) bond motifs is 1. The molecule has 2 heterocycles. The number of hydrogen-bond donors (Lipinski definition) is 1. The van der Waals surface area contributed by atoms with E-state index in [0.717, 1.165) is 29.0 Å². The molecule has 1 aromatic heterocycles. The van der Waals surface area contributed by atoms with Crippen molar-refractivity contribution in [3.8, 4) is 11.4 Å². The molecule has 0 radical (unpaired) electrons. The first-order valence-electron chi connectivity index (χ1n) is 9.93. The number of rotatable bonds is 4. The summed E-state index contributed by atoms with van der Waals surface area (Å²) in [5.41, 5.74) is -2.37. The van der Waals surface area contributed by atoms with Gasteiger partial charge in [-0.2, -0.15) is 0 Å². The fraction of sp³-hybridized carbons (Fsp3) is 0.273. The van der Waals surface area contributed by atoms with Crippen molar-refractivity contribution in [1.29, 1.82) is 0 Å². The lowest BCUT2D eigenvalue weighted by molar-refractivity contribution is 0.144. The van der Waals surface area contributed by atoms with Gasteiger partial charge in [-0.15, -0.1) is 0 Å². The summed E-state index contributed by atoms with van der Waals surface area (Å²) in [5.74, 6) is -4.97. The van der Waals surface area contributed by atoms with E-state index in [1.807, 2.05) is 19.0 Å².